The molecule has 1 aromatic rings. The van der Waals surface area contributed by atoms with Crippen molar-refractivity contribution in [3.8, 4) is 0 Å². The molecule has 0 aliphatic heterocycles. The first-order valence-corrected chi connectivity index (χ1v) is 8.88. The van der Waals surface area contributed by atoms with Crippen LogP contribution in [0.3, 0.4) is 0 Å². The van der Waals surface area contributed by atoms with Crippen molar-refractivity contribution in [3.05, 3.63) is 35.9 Å². The maximum absolute atomic E-state index is 12.4. The van der Waals surface area contributed by atoms with Gasteiger partial charge < -0.3 is 9.47 Å². The number of hydroxylamine groups is 2. The average molecular weight is 365 g/mol. The molecular weight excluding hydrogens is 334 g/mol. The van der Waals surface area contributed by atoms with Crippen LogP contribution in [0, 0.1) is 5.92 Å². The predicted octanol–water partition coefficient (Wildman–Crippen LogP) is 3.35. The van der Waals surface area contributed by atoms with Crippen LogP contribution in [0.25, 0.3) is 0 Å². The summed E-state index contributed by atoms with van der Waals surface area (Å²) in [6.07, 6.45) is 1.23. The third-order valence-electron chi connectivity index (χ3n) is 3.72. The van der Waals surface area contributed by atoms with E-state index in [1.807, 2.05) is 30.3 Å². The molecule has 0 N–H and O–H groups in total. The summed E-state index contributed by atoms with van der Waals surface area (Å²) in [5.41, 5.74) is 0.532. The highest BCUT2D eigenvalue weighted by Crippen LogP contribution is 2.18. The lowest BCUT2D eigenvalue weighted by atomic mass is 9.98. The summed E-state index contributed by atoms with van der Waals surface area (Å²) in [4.78, 5) is 29.5. The van der Waals surface area contributed by atoms with E-state index in [-0.39, 0.29) is 18.3 Å². The zero-order valence-corrected chi connectivity index (χ0v) is 16.5. The summed E-state index contributed by atoms with van der Waals surface area (Å²) >= 11 is 0. The smallest absolute Gasteiger partial charge is 0.307 e. The number of carbonyl (C=O) groups excluding carboxylic acids is 2. The standard InChI is InChI=1S/C20H31NO5/c1-20(2,3)26-18(22)14-17(19(23)21(4)24-5)12-9-13-25-15-16-10-7-6-8-11-16/h6-8,10-11,17H,9,12-15H2,1-5H3/t17-/m0/s1. The van der Waals surface area contributed by atoms with Crippen LogP contribution in [-0.2, 0) is 30.5 Å². The second-order valence-electron chi connectivity index (χ2n) is 7.19. The fourth-order valence-electron chi connectivity index (χ4n) is 2.44. The summed E-state index contributed by atoms with van der Waals surface area (Å²) in [6.45, 7) is 6.47. The zero-order valence-electron chi connectivity index (χ0n) is 16.5. The van der Waals surface area contributed by atoms with Crippen LogP contribution in [0.15, 0.2) is 30.3 Å². The van der Waals surface area contributed by atoms with E-state index >= 15 is 0 Å². The number of nitrogens with zero attached hydrogens (tertiary/aromatic N) is 1. The van der Waals surface area contributed by atoms with Gasteiger partial charge in [0.05, 0.1) is 26.1 Å². The van der Waals surface area contributed by atoms with Gasteiger partial charge in [-0.05, 0) is 39.2 Å². The molecule has 0 saturated heterocycles. The van der Waals surface area contributed by atoms with Gasteiger partial charge in [0.15, 0.2) is 0 Å². The number of hydrogen-bond donors (Lipinski definition) is 0. The van der Waals surface area contributed by atoms with E-state index in [9.17, 15) is 9.59 Å². The fourth-order valence-corrected chi connectivity index (χ4v) is 2.44. The Morgan fingerprint density at radius 2 is 1.81 bits per heavy atom. The molecule has 0 spiro atoms. The number of carbonyl (C=O) groups is 2. The van der Waals surface area contributed by atoms with E-state index in [4.69, 9.17) is 14.3 Å². The van der Waals surface area contributed by atoms with E-state index in [0.717, 1.165) is 10.6 Å². The Morgan fingerprint density at radius 3 is 2.38 bits per heavy atom. The Balaban J connectivity index is 2.48. The lowest BCUT2D eigenvalue weighted by Gasteiger charge is -2.24. The van der Waals surface area contributed by atoms with Crippen molar-refractivity contribution in [2.45, 2.75) is 52.2 Å². The Labute approximate surface area is 156 Å². The van der Waals surface area contributed by atoms with Crippen molar-refractivity contribution in [1.82, 2.24) is 5.06 Å². The molecule has 6 heteroatoms. The molecule has 0 aliphatic rings. The van der Waals surface area contributed by atoms with Crippen LogP contribution < -0.4 is 0 Å². The van der Waals surface area contributed by atoms with E-state index in [1.165, 1.54) is 14.2 Å². The molecule has 1 atom stereocenters. The molecule has 0 aromatic heterocycles. The normalized spacial score (nSPS) is 12.5. The Hall–Kier alpha value is -1.92. The van der Waals surface area contributed by atoms with Crippen LogP contribution in [0.2, 0.25) is 0 Å². The van der Waals surface area contributed by atoms with Gasteiger partial charge in [-0.25, -0.2) is 5.06 Å². The third-order valence-corrected chi connectivity index (χ3v) is 3.72. The molecule has 0 fully saturated rings. The first kappa shape index (κ1) is 22.1. The van der Waals surface area contributed by atoms with E-state index < -0.39 is 11.5 Å². The monoisotopic (exact) mass is 365 g/mol. The van der Waals surface area contributed by atoms with Gasteiger partial charge in [-0.1, -0.05) is 30.3 Å². The number of benzene rings is 1. The third kappa shape index (κ3) is 8.97. The Bertz CT molecular complexity index is 553. The van der Waals surface area contributed by atoms with E-state index in [2.05, 4.69) is 0 Å². The molecule has 0 bridgehead atoms. The molecule has 0 radical (unpaired) electrons. The highest BCUT2D eigenvalue weighted by Gasteiger charge is 2.27. The van der Waals surface area contributed by atoms with Gasteiger partial charge in [-0.2, -0.15) is 0 Å². The Morgan fingerprint density at radius 1 is 1.15 bits per heavy atom. The van der Waals surface area contributed by atoms with Crippen molar-refractivity contribution in [1.29, 1.82) is 0 Å². The number of esters is 1. The lowest BCUT2D eigenvalue weighted by molar-refractivity contribution is -0.177. The van der Waals surface area contributed by atoms with Gasteiger partial charge in [-0.3, -0.25) is 14.4 Å². The molecule has 0 aliphatic carbocycles. The van der Waals surface area contributed by atoms with Crippen LogP contribution in [0.1, 0.15) is 45.6 Å². The maximum atomic E-state index is 12.4. The van der Waals surface area contributed by atoms with Gasteiger partial charge in [0, 0.05) is 13.7 Å². The van der Waals surface area contributed by atoms with Gasteiger partial charge in [-0.15, -0.1) is 0 Å². The molecule has 146 valence electrons. The number of hydrogen-bond acceptors (Lipinski definition) is 5. The molecule has 1 aromatic carbocycles. The number of rotatable bonds is 10. The van der Waals surface area contributed by atoms with Crippen LogP contribution in [0.5, 0.6) is 0 Å². The van der Waals surface area contributed by atoms with Crippen LogP contribution >= 0.6 is 0 Å². The van der Waals surface area contributed by atoms with Gasteiger partial charge >= 0.3 is 5.97 Å². The lowest BCUT2D eigenvalue weighted by Crippen LogP contribution is -2.35. The van der Waals surface area contributed by atoms with Gasteiger partial charge in [0.25, 0.3) is 0 Å². The zero-order chi connectivity index (χ0) is 19.6. The highest BCUT2D eigenvalue weighted by atomic mass is 16.7. The van der Waals surface area contributed by atoms with Crippen LogP contribution in [-0.4, -0.2) is 43.3 Å². The topological polar surface area (TPSA) is 65.1 Å². The summed E-state index contributed by atoms with van der Waals surface area (Å²) in [5.74, 6) is -1.11. The number of ether oxygens (including phenoxy) is 2. The molecule has 0 heterocycles. The van der Waals surface area contributed by atoms with E-state index in [0.29, 0.717) is 26.1 Å². The molecule has 0 saturated carbocycles. The average Bonchev–Trinajstić information content (AvgIpc) is 2.58. The Kier molecular flexibility index (Phi) is 9.30. The number of amides is 1. The SMILES string of the molecule is CON(C)C(=O)[C@@H](CCCOCc1ccccc1)CC(=O)OC(C)(C)C. The summed E-state index contributed by atoms with van der Waals surface area (Å²) in [6, 6.07) is 9.90. The first-order chi connectivity index (χ1) is 12.2. The van der Waals surface area contributed by atoms with Crippen molar-refractivity contribution < 1.29 is 23.9 Å². The molecule has 1 rings (SSSR count). The summed E-state index contributed by atoms with van der Waals surface area (Å²) in [7, 11) is 2.96. The molecule has 6 nitrogen and oxygen atoms in total. The minimum atomic E-state index is -0.573. The van der Waals surface area contributed by atoms with Gasteiger partial charge in [0.1, 0.15) is 5.60 Å². The summed E-state index contributed by atoms with van der Waals surface area (Å²) < 4.78 is 11.0. The van der Waals surface area contributed by atoms with E-state index in [1.54, 1.807) is 20.8 Å². The molecule has 26 heavy (non-hydrogen) atoms. The second-order valence-corrected chi connectivity index (χ2v) is 7.19. The largest absolute Gasteiger partial charge is 0.460 e. The van der Waals surface area contributed by atoms with Crippen LogP contribution in [0.4, 0.5) is 0 Å². The predicted molar refractivity (Wildman–Crippen MR) is 99.1 cm³/mol. The van der Waals surface area contributed by atoms with Crippen molar-refractivity contribution in [2.75, 3.05) is 20.8 Å². The minimum absolute atomic E-state index is 0.0302. The van der Waals surface area contributed by atoms with Crippen molar-refractivity contribution in [2.24, 2.45) is 5.92 Å². The highest BCUT2D eigenvalue weighted by molar-refractivity contribution is 5.83. The maximum Gasteiger partial charge on any atom is 0.307 e. The van der Waals surface area contributed by atoms with Gasteiger partial charge in [0.2, 0.25) is 5.91 Å². The molecular formula is C20H31NO5. The van der Waals surface area contributed by atoms with Crippen molar-refractivity contribution in [3.63, 3.8) is 0 Å². The minimum Gasteiger partial charge on any atom is -0.460 e. The summed E-state index contributed by atoms with van der Waals surface area (Å²) in [5, 5.41) is 1.15. The molecule has 0 unspecified atom stereocenters. The second kappa shape index (κ2) is 10.9. The van der Waals surface area contributed by atoms with Crippen molar-refractivity contribution >= 4 is 11.9 Å². The fraction of sp³-hybridized carbons (Fsp3) is 0.600. The molecule has 1 amide bonds. The quantitative estimate of drug-likeness (QED) is 0.361. The first-order valence-electron chi connectivity index (χ1n) is 8.88.